The van der Waals surface area contributed by atoms with E-state index < -0.39 is 0 Å². The molecular formula is C12H15Br2NOS. The Labute approximate surface area is 122 Å². The first-order valence-corrected chi connectivity index (χ1v) is 8.56. The molecular weight excluding hydrogens is 366 g/mol. The number of carbonyl (C=O) groups excluding carboxylic acids is 1. The van der Waals surface area contributed by atoms with E-state index in [1.807, 2.05) is 12.1 Å². The SMILES string of the molecule is O=C(NC1CCCCC1CBr)c1ccc(Br)s1. The molecule has 1 N–H and O–H groups in total. The summed E-state index contributed by atoms with van der Waals surface area (Å²) < 4.78 is 1.00. The molecule has 2 nitrogen and oxygen atoms in total. The first kappa shape index (κ1) is 13.6. The Morgan fingerprint density at radius 1 is 1.41 bits per heavy atom. The van der Waals surface area contributed by atoms with Crippen molar-refractivity contribution in [1.82, 2.24) is 5.32 Å². The number of carbonyl (C=O) groups is 1. The molecule has 0 saturated heterocycles. The molecule has 1 amide bonds. The molecule has 5 heteroatoms. The Bertz CT molecular complexity index is 394. The van der Waals surface area contributed by atoms with Crippen molar-refractivity contribution in [3.8, 4) is 0 Å². The highest BCUT2D eigenvalue weighted by molar-refractivity contribution is 9.11. The first-order valence-electron chi connectivity index (χ1n) is 5.83. The highest BCUT2D eigenvalue weighted by atomic mass is 79.9. The van der Waals surface area contributed by atoms with Gasteiger partial charge in [0.1, 0.15) is 0 Å². The summed E-state index contributed by atoms with van der Waals surface area (Å²) in [4.78, 5) is 12.8. The number of hydrogen-bond acceptors (Lipinski definition) is 2. The average Bonchev–Trinajstić information content (AvgIpc) is 2.77. The van der Waals surface area contributed by atoms with Crippen molar-refractivity contribution < 1.29 is 4.79 Å². The zero-order valence-corrected chi connectivity index (χ0v) is 13.4. The Balaban J connectivity index is 1.97. The Kier molecular flexibility index (Phi) is 5.06. The van der Waals surface area contributed by atoms with Crippen molar-refractivity contribution in [3.63, 3.8) is 0 Å². The molecule has 0 bridgehead atoms. The monoisotopic (exact) mass is 379 g/mol. The number of hydrogen-bond donors (Lipinski definition) is 1. The van der Waals surface area contributed by atoms with Crippen molar-refractivity contribution in [1.29, 1.82) is 0 Å². The third-order valence-electron chi connectivity index (χ3n) is 3.22. The molecule has 0 spiro atoms. The second-order valence-corrected chi connectivity index (χ2v) is 7.49. The third-order valence-corrected chi connectivity index (χ3v) is 5.67. The predicted molar refractivity (Wildman–Crippen MR) is 79.0 cm³/mol. The van der Waals surface area contributed by atoms with E-state index in [-0.39, 0.29) is 5.91 Å². The van der Waals surface area contributed by atoms with E-state index >= 15 is 0 Å². The lowest BCUT2D eigenvalue weighted by atomic mass is 9.86. The first-order chi connectivity index (χ1) is 8.20. The molecule has 0 aliphatic heterocycles. The summed E-state index contributed by atoms with van der Waals surface area (Å²) in [5.74, 6) is 0.648. The summed E-state index contributed by atoms with van der Waals surface area (Å²) >= 11 is 8.41. The van der Waals surface area contributed by atoms with Gasteiger partial charge in [0, 0.05) is 11.4 Å². The largest absolute Gasteiger partial charge is 0.348 e. The van der Waals surface area contributed by atoms with Gasteiger partial charge in [-0.25, -0.2) is 0 Å². The summed E-state index contributed by atoms with van der Waals surface area (Å²) in [5.41, 5.74) is 0. The lowest BCUT2D eigenvalue weighted by Crippen LogP contribution is -2.42. The van der Waals surface area contributed by atoms with Crippen LogP contribution in [0.15, 0.2) is 15.9 Å². The topological polar surface area (TPSA) is 29.1 Å². The minimum atomic E-state index is 0.0681. The van der Waals surface area contributed by atoms with Crippen LogP contribution in [0.4, 0.5) is 0 Å². The fraction of sp³-hybridized carbons (Fsp3) is 0.583. The van der Waals surface area contributed by atoms with E-state index in [4.69, 9.17) is 0 Å². The van der Waals surface area contributed by atoms with Crippen LogP contribution in [-0.2, 0) is 0 Å². The van der Waals surface area contributed by atoms with E-state index in [1.54, 1.807) is 0 Å². The Hall–Kier alpha value is 0.130. The minimum absolute atomic E-state index is 0.0681. The zero-order valence-electron chi connectivity index (χ0n) is 9.42. The third kappa shape index (κ3) is 3.55. The molecule has 94 valence electrons. The molecule has 1 aromatic heterocycles. The van der Waals surface area contributed by atoms with Gasteiger partial charge < -0.3 is 5.32 Å². The number of thiophene rings is 1. The van der Waals surface area contributed by atoms with Crippen molar-refractivity contribution in [2.75, 3.05) is 5.33 Å². The van der Waals surface area contributed by atoms with Gasteiger partial charge in [-0.3, -0.25) is 4.79 Å². The van der Waals surface area contributed by atoms with Crippen molar-refractivity contribution in [2.24, 2.45) is 5.92 Å². The fourth-order valence-electron chi connectivity index (χ4n) is 2.26. The van der Waals surface area contributed by atoms with E-state index in [1.165, 1.54) is 30.6 Å². The maximum absolute atomic E-state index is 12.1. The number of halogens is 2. The van der Waals surface area contributed by atoms with E-state index in [9.17, 15) is 4.79 Å². The summed E-state index contributed by atoms with van der Waals surface area (Å²) in [5, 5.41) is 4.15. The van der Waals surface area contributed by atoms with Crippen LogP contribution in [0.2, 0.25) is 0 Å². The van der Waals surface area contributed by atoms with Crippen molar-refractivity contribution in [3.05, 3.63) is 20.8 Å². The lowest BCUT2D eigenvalue weighted by Gasteiger charge is -2.30. The molecule has 1 heterocycles. The van der Waals surface area contributed by atoms with Crippen molar-refractivity contribution >= 4 is 49.1 Å². The lowest BCUT2D eigenvalue weighted by molar-refractivity contribution is 0.0916. The molecule has 17 heavy (non-hydrogen) atoms. The van der Waals surface area contributed by atoms with Crippen LogP contribution in [0.1, 0.15) is 35.4 Å². The Morgan fingerprint density at radius 2 is 2.18 bits per heavy atom. The molecule has 1 aromatic rings. The van der Waals surface area contributed by atoms with Gasteiger partial charge >= 0.3 is 0 Å². The minimum Gasteiger partial charge on any atom is -0.348 e. The number of amides is 1. The van der Waals surface area contributed by atoms with Gasteiger partial charge in [0.25, 0.3) is 5.91 Å². The highest BCUT2D eigenvalue weighted by Gasteiger charge is 2.26. The van der Waals surface area contributed by atoms with Crippen LogP contribution in [0.3, 0.4) is 0 Å². The number of alkyl halides is 1. The molecule has 2 rings (SSSR count). The molecule has 1 aliphatic rings. The van der Waals surface area contributed by atoms with Gasteiger partial charge in [-0.2, -0.15) is 0 Å². The molecule has 0 aromatic carbocycles. The smallest absolute Gasteiger partial charge is 0.261 e. The fourth-order valence-corrected chi connectivity index (χ4v) is 4.32. The maximum Gasteiger partial charge on any atom is 0.261 e. The average molecular weight is 381 g/mol. The van der Waals surface area contributed by atoms with Crippen molar-refractivity contribution in [2.45, 2.75) is 31.7 Å². The van der Waals surface area contributed by atoms with E-state index in [0.29, 0.717) is 12.0 Å². The van der Waals surface area contributed by atoms with Crippen LogP contribution in [0.25, 0.3) is 0 Å². The standard InChI is InChI=1S/C12H15Br2NOS/c13-7-8-3-1-2-4-9(8)15-12(16)10-5-6-11(14)17-10/h5-6,8-9H,1-4,7H2,(H,15,16). The zero-order chi connectivity index (χ0) is 12.3. The van der Waals surface area contributed by atoms with E-state index in [2.05, 4.69) is 37.2 Å². The second kappa shape index (κ2) is 6.34. The maximum atomic E-state index is 12.1. The quantitative estimate of drug-likeness (QED) is 0.782. The second-order valence-electron chi connectivity index (χ2n) is 4.38. The molecule has 2 atom stereocenters. The van der Waals surface area contributed by atoms with Gasteiger partial charge in [-0.15, -0.1) is 11.3 Å². The van der Waals surface area contributed by atoms with Crippen LogP contribution in [0, 0.1) is 5.92 Å². The molecule has 1 aliphatic carbocycles. The van der Waals surface area contributed by atoms with Crippen LogP contribution in [-0.4, -0.2) is 17.3 Å². The Morgan fingerprint density at radius 3 is 2.82 bits per heavy atom. The summed E-state index contributed by atoms with van der Waals surface area (Å²) in [7, 11) is 0. The van der Waals surface area contributed by atoms with Crippen LogP contribution >= 0.6 is 43.2 Å². The van der Waals surface area contributed by atoms with Gasteiger partial charge in [0.2, 0.25) is 0 Å². The predicted octanol–water partition coefficient (Wildman–Crippen LogP) is 4.19. The number of nitrogens with one attached hydrogen (secondary N) is 1. The normalized spacial score (nSPS) is 24.6. The molecule has 1 saturated carbocycles. The van der Waals surface area contributed by atoms with E-state index in [0.717, 1.165) is 20.4 Å². The van der Waals surface area contributed by atoms with Gasteiger partial charge in [-0.1, -0.05) is 28.8 Å². The highest BCUT2D eigenvalue weighted by Crippen LogP contribution is 2.27. The summed E-state index contributed by atoms with van der Waals surface area (Å²) in [6.45, 7) is 0. The van der Waals surface area contributed by atoms with Gasteiger partial charge in [0.05, 0.1) is 8.66 Å². The van der Waals surface area contributed by atoms with Gasteiger partial charge in [-0.05, 0) is 46.8 Å². The summed E-state index contributed by atoms with van der Waals surface area (Å²) in [6, 6.07) is 4.12. The van der Waals surface area contributed by atoms with Crippen LogP contribution < -0.4 is 5.32 Å². The molecule has 1 fully saturated rings. The summed E-state index contributed by atoms with van der Waals surface area (Å²) in [6.07, 6.45) is 4.83. The molecule has 0 radical (unpaired) electrons. The van der Waals surface area contributed by atoms with Gasteiger partial charge in [0.15, 0.2) is 0 Å². The molecule has 2 unspecified atom stereocenters. The van der Waals surface area contributed by atoms with Crippen LogP contribution in [0.5, 0.6) is 0 Å². The number of rotatable bonds is 3.